The molecule has 0 spiro atoms. The van der Waals surface area contributed by atoms with Gasteiger partial charge in [-0.1, -0.05) is 61.4 Å². The number of likely N-dealkylation sites (tertiary alicyclic amines) is 1. The molecular formula is C23H28N6. The van der Waals surface area contributed by atoms with Gasteiger partial charge in [-0.2, -0.15) is 5.10 Å². The maximum absolute atomic E-state index is 6.30. The topological polar surface area (TPSA) is 72.3 Å². The monoisotopic (exact) mass is 388 g/mol. The molecule has 0 saturated carbocycles. The Morgan fingerprint density at radius 1 is 0.966 bits per heavy atom. The third-order valence-corrected chi connectivity index (χ3v) is 5.43. The first-order valence-corrected chi connectivity index (χ1v) is 10.3. The van der Waals surface area contributed by atoms with E-state index in [1.807, 2.05) is 4.68 Å². The van der Waals surface area contributed by atoms with Gasteiger partial charge >= 0.3 is 0 Å². The Labute approximate surface area is 172 Å². The molecule has 0 bridgehead atoms. The Morgan fingerprint density at radius 3 is 2.45 bits per heavy atom. The van der Waals surface area contributed by atoms with Crippen LogP contribution in [-0.2, 0) is 13.1 Å². The number of rotatable bonds is 5. The van der Waals surface area contributed by atoms with Gasteiger partial charge in [-0.15, -0.1) is 0 Å². The van der Waals surface area contributed by atoms with Gasteiger partial charge in [-0.25, -0.2) is 14.7 Å². The van der Waals surface area contributed by atoms with Crippen LogP contribution in [0.25, 0.3) is 11.1 Å². The van der Waals surface area contributed by atoms with Crippen LogP contribution in [0.15, 0.2) is 66.2 Å². The van der Waals surface area contributed by atoms with Crippen molar-refractivity contribution in [1.82, 2.24) is 19.7 Å². The SMILES string of the molecule is NC(=NCc1ccccc1-c1ccc(Cn2cncn2)cc1)N1CCCCCC1. The van der Waals surface area contributed by atoms with Crippen LogP contribution in [-0.4, -0.2) is 38.7 Å². The van der Waals surface area contributed by atoms with E-state index in [-0.39, 0.29) is 0 Å². The number of hydrogen-bond donors (Lipinski definition) is 1. The largest absolute Gasteiger partial charge is 0.370 e. The van der Waals surface area contributed by atoms with Crippen molar-refractivity contribution in [3.8, 4) is 11.1 Å². The van der Waals surface area contributed by atoms with Gasteiger partial charge in [0.05, 0.1) is 13.1 Å². The number of aliphatic imine (C=N–C) groups is 1. The fourth-order valence-electron chi connectivity index (χ4n) is 3.80. The second-order valence-corrected chi connectivity index (χ2v) is 7.52. The minimum Gasteiger partial charge on any atom is -0.370 e. The first kappa shape index (κ1) is 19.2. The van der Waals surface area contributed by atoms with Crippen LogP contribution in [0.1, 0.15) is 36.8 Å². The molecule has 1 fully saturated rings. The van der Waals surface area contributed by atoms with Gasteiger partial charge in [0.15, 0.2) is 5.96 Å². The molecule has 0 amide bonds. The molecule has 0 aliphatic carbocycles. The van der Waals surface area contributed by atoms with Crippen molar-refractivity contribution in [2.75, 3.05) is 13.1 Å². The van der Waals surface area contributed by atoms with Gasteiger partial charge in [0.25, 0.3) is 0 Å². The van der Waals surface area contributed by atoms with Crippen molar-refractivity contribution in [1.29, 1.82) is 0 Å². The van der Waals surface area contributed by atoms with Crippen molar-refractivity contribution in [2.45, 2.75) is 38.8 Å². The lowest BCUT2D eigenvalue weighted by atomic mass is 9.98. The zero-order valence-corrected chi connectivity index (χ0v) is 16.7. The molecule has 0 unspecified atom stereocenters. The summed E-state index contributed by atoms with van der Waals surface area (Å²) in [5, 5.41) is 4.17. The van der Waals surface area contributed by atoms with Crippen molar-refractivity contribution in [3.05, 3.63) is 72.3 Å². The molecule has 0 radical (unpaired) electrons. The second kappa shape index (κ2) is 9.37. The maximum Gasteiger partial charge on any atom is 0.191 e. The third-order valence-electron chi connectivity index (χ3n) is 5.43. The fraction of sp³-hybridized carbons (Fsp3) is 0.348. The van der Waals surface area contributed by atoms with E-state index in [0.29, 0.717) is 12.5 Å². The molecule has 1 aromatic heterocycles. The first-order valence-electron chi connectivity index (χ1n) is 10.3. The Kier molecular flexibility index (Phi) is 6.19. The lowest BCUT2D eigenvalue weighted by molar-refractivity contribution is 0.428. The Bertz CT molecular complexity index is 922. The van der Waals surface area contributed by atoms with Crippen molar-refractivity contribution >= 4 is 5.96 Å². The highest BCUT2D eigenvalue weighted by molar-refractivity contribution is 5.78. The molecule has 6 heteroatoms. The third kappa shape index (κ3) is 5.02. The Hall–Kier alpha value is -3.15. The van der Waals surface area contributed by atoms with E-state index in [1.54, 1.807) is 12.7 Å². The number of aromatic nitrogens is 3. The summed E-state index contributed by atoms with van der Waals surface area (Å²) in [5.74, 6) is 0.671. The minimum atomic E-state index is 0.596. The number of hydrogen-bond acceptors (Lipinski definition) is 3. The Balaban J connectivity index is 1.48. The molecule has 2 heterocycles. The van der Waals surface area contributed by atoms with Crippen LogP contribution < -0.4 is 5.73 Å². The zero-order valence-electron chi connectivity index (χ0n) is 16.7. The van der Waals surface area contributed by atoms with Gasteiger partial charge in [0.1, 0.15) is 12.7 Å². The van der Waals surface area contributed by atoms with Gasteiger partial charge in [0.2, 0.25) is 0 Å². The van der Waals surface area contributed by atoms with E-state index in [4.69, 9.17) is 10.7 Å². The van der Waals surface area contributed by atoms with Crippen LogP contribution >= 0.6 is 0 Å². The second-order valence-electron chi connectivity index (χ2n) is 7.52. The van der Waals surface area contributed by atoms with Crippen LogP contribution in [0, 0.1) is 0 Å². The quantitative estimate of drug-likeness (QED) is 0.534. The van der Waals surface area contributed by atoms with Crippen LogP contribution in [0.2, 0.25) is 0 Å². The predicted molar refractivity (Wildman–Crippen MR) is 116 cm³/mol. The highest BCUT2D eigenvalue weighted by Crippen LogP contribution is 2.25. The van der Waals surface area contributed by atoms with Crippen LogP contribution in [0.3, 0.4) is 0 Å². The fourth-order valence-corrected chi connectivity index (χ4v) is 3.80. The van der Waals surface area contributed by atoms with E-state index >= 15 is 0 Å². The van der Waals surface area contributed by atoms with Crippen LogP contribution in [0.5, 0.6) is 0 Å². The molecular weight excluding hydrogens is 360 g/mol. The molecule has 1 aliphatic rings. The van der Waals surface area contributed by atoms with E-state index in [9.17, 15) is 0 Å². The number of nitrogens with two attached hydrogens (primary N) is 1. The average molecular weight is 389 g/mol. The molecule has 150 valence electrons. The summed E-state index contributed by atoms with van der Waals surface area (Å²) in [5.41, 5.74) is 11.1. The normalized spacial score (nSPS) is 15.3. The molecule has 1 saturated heterocycles. The van der Waals surface area contributed by atoms with Gasteiger partial charge in [-0.05, 0) is 35.1 Å². The van der Waals surface area contributed by atoms with E-state index in [0.717, 1.165) is 19.6 Å². The molecule has 3 aromatic rings. The molecule has 1 aliphatic heterocycles. The molecule has 2 N–H and O–H groups in total. The highest BCUT2D eigenvalue weighted by Gasteiger charge is 2.11. The van der Waals surface area contributed by atoms with Crippen molar-refractivity contribution in [2.24, 2.45) is 10.7 Å². The summed E-state index contributed by atoms with van der Waals surface area (Å²) in [4.78, 5) is 10.9. The smallest absolute Gasteiger partial charge is 0.191 e. The summed E-state index contributed by atoms with van der Waals surface area (Å²) in [7, 11) is 0. The van der Waals surface area contributed by atoms with Crippen molar-refractivity contribution in [3.63, 3.8) is 0 Å². The summed E-state index contributed by atoms with van der Waals surface area (Å²) < 4.78 is 1.82. The lowest BCUT2D eigenvalue weighted by Gasteiger charge is -2.21. The van der Waals surface area contributed by atoms with E-state index in [1.165, 1.54) is 47.9 Å². The van der Waals surface area contributed by atoms with Crippen LogP contribution in [0.4, 0.5) is 0 Å². The summed E-state index contributed by atoms with van der Waals surface area (Å²) in [6.45, 7) is 3.35. The van der Waals surface area contributed by atoms with Gasteiger partial charge in [-0.3, -0.25) is 0 Å². The van der Waals surface area contributed by atoms with Gasteiger partial charge in [0, 0.05) is 13.1 Å². The molecule has 6 nitrogen and oxygen atoms in total. The van der Waals surface area contributed by atoms with E-state index < -0.39 is 0 Å². The zero-order chi connectivity index (χ0) is 19.9. The molecule has 29 heavy (non-hydrogen) atoms. The Morgan fingerprint density at radius 2 is 1.72 bits per heavy atom. The minimum absolute atomic E-state index is 0.596. The highest BCUT2D eigenvalue weighted by atomic mass is 15.3. The first-order chi connectivity index (χ1) is 14.3. The standard InChI is InChI=1S/C23H28N6/c24-23(28-13-5-1-2-6-14-28)26-15-21-7-3-4-8-22(21)20-11-9-19(10-12-20)16-29-18-25-17-27-29/h3-4,7-12,17-18H,1-2,5-6,13-16H2,(H2,24,26). The number of benzene rings is 2. The average Bonchev–Trinajstić information content (AvgIpc) is 3.11. The lowest BCUT2D eigenvalue weighted by Crippen LogP contribution is -2.38. The molecule has 2 aromatic carbocycles. The summed E-state index contributed by atoms with van der Waals surface area (Å²) >= 11 is 0. The molecule has 4 rings (SSSR count). The van der Waals surface area contributed by atoms with E-state index in [2.05, 4.69) is 63.5 Å². The molecule has 0 atom stereocenters. The summed E-state index contributed by atoms with van der Waals surface area (Å²) in [6.07, 6.45) is 8.28. The summed E-state index contributed by atoms with van der Waals surface area (Å²) in [6, 6.07) is 17.0. The van der Waals surface area contributed by atoms with Crippen molar-refractivity contribution < 1.29 is 0 Å². The van der Waals surface area contributed by atoms with Gasteiger partial charge < -0.3 is 10.6 Å². The maximum atomic E-state index is 6.30. The number of guanidine groups is 1. The number of nitrogens with zero attached hydrogens (tertiary/aromatic N) is 5. The predicted octanol–water partition coefficient (Wildman–Crippen LogP) is 3.68.